The van der Waals surface area contributed by atoms with Crippen LogP contribution < -0.4 is 9.46 Å². The highest BCUT2D eigenvalue weighted by Crippen LogP contribution is 2.42. The first-order valence-electron chi connectivity index (χ1n) is 9.70. The largest absolute Gasteiger partial charge is 0.496 e. The number of methoxy groups -OCH3 is 2. The highest BCUT2D eigenvalue weighted by molar-refractivity contribution is 7.90. The molecular formula is C23H21NO6S. The molecule has 8 heteroatoms. The van der Waals surface area contributed by atoms with E-state index in [0.717, 1.165) is 5.39 Å². The Morgan fingerprint density at radius 3 is 2.48 bits per heavy atom. The van der Waals surface area contributed by atoms with E-state index in [1.165, 1.54) is 20.3 Å². The van der Waals surface area contributed by atoms with E-state index in [1.54, 1.807) is 30.3 Å². The zero-order valence-corrected chi connectivity index (χ0v) is 17.9. The molecule has 0 bridgehead atoms. The number of sulfonamides is 1. The van der Waals surface area contributed by atoms with Crippen molar-refractivity contribution >= 4 is 32.7 Å². The van der Waals surface area contributed by atoms with Gasteiger partial charge in [0, 0.05) is 10.9 Å². The van der Waals surface area contributed by atoms with Crippen LogP contribution in [0.5, 0.6) is 5.75 Å². The molecule has 0 fully saturated rings. The number of fused-ring (bicyclic) bond motifs is 2. The first-order chi connectivity index (χ1) is 14.9. The number of amides is 1. The van der Waals surface area contributed by atoms with Crippen LogP contribution in [0.15, 0.2) is 59.5 Å². The number of benzene rings is 3. The van der Waals surface area contributed by atoms with Gasteiger partial charge in [-0.3, -0.25) is 4.79 Å². The van der Waals surface area contributed by atoms with Gasteiger partial charge in [-0.1, -0.05) is 36.4 Å². The molecular weight excluding hydrogens is 418 g/mol. The smallest absolute Gasteiger partial charge is 0.338 e. The molecule has 0 saturated heterocycles. The summed E-state index contributed by atoms with van der Waals surface area (Å²) in [5.41, 5.74) is 1.52. The van der Waals surface area contributed by atoms with Crippen LogP contribution in [0.1, 0.15) is 33.8 Å². The molecule has 0 spiro atoms. The second-order valence-electron chi connectivity index (χ2n) is 7.24. The summed E-state index contributed by atoms with van der Waals surface area (Å²) in [5.74, 6) is -1.50. The van der Waals surface area contributed by atoms with E-state index in [9.17, 15) is 18.0 Å². The van der Waals surface area contributed by atoms with Gasteiger partial charge in [-0.05, 0) is 42.0 Å². The van der Waals surface area contributed by atoms with E-state index in [2.05, 4.69) is 4.72 Å². The van der Waals surface area contributed by atoms with E-state index in [-0.39, 0.29) is 4.90 Å². The molecule has 3 aromatic carbocycles. The van der Waals surface area contributed by atoms with Gasteiger partial charge in [0.1, 0.15) is 5.75 Å². The molecule has 1 atom stereocenters. The summed E-state index contributed by atoms with van der Waals surface area (Å²) in [4.78, 5) is 25.3. The molecule has 31 heavy (non-hydrogen) atoms. The van der Waals surface area contributed by atoms with Crippen LogP contribution in [0.2, 0.25) is 0 Å². The SMILES string of the molecule is COC(=O)c1ccc(OC)c2c1CCC2C(=O)NS(=O)(=O)c1cccc2ccccc12. The van der Waals surface area contributed by atoms with Gasteiger partial charge in [0.25, 0.3) is 10.0 Å². The fraction of sp³-hybridized carbons (Fsp3) is 0.217. The average molecular weight is 439 g/mol. The Morgan fingerprint density at radius 1 is 1.00 bits per heavy atom. The lowest BCUT2D eigenvalue weighted by atomic mass is 9.97. The zero-order chi connectivity index (χ0) is 22.2. The molecule has 160 valence electrons. The van der Waals surface area contributed by atoms with Gasteiger partial charge < -0.3 is 9.47 Å². The van der Waals surface area contributed by atoms with Gasteiger partial charge in [-0.25, -0.2) is 17.9 Å². The maximum absolute atomic E-state index is 13.1. The molecule has 0 saturated carbocycles. The van der Waals surface area contributed by atoms with Crippen molar-refractivity contribution in [2.45, 2.75) is 23.7 Å². The summed E-state index contributed by atoms with van der Waals surface area (Å²) >= 11 is 0. The fourth-order valence-electron chi connectivity index (χ4n) is 4.16. The Kier molecular flexibility index (Phi) is 5.41. The molecule has 1 aliphatic carbocycles. The third-order valence-electron chi connectivity index (χ3n) is 5.56. The number of carbonyl (C=O) groups is 2. The van der Waals surface area contributed by atoms with E-state index in [0.29, 0.717) is 40.7 Å². The minimum absolute atomic E-state index is 0.0347. The summed E-state index contributed by atoms with van der Waals surface area (Å²) in [5, 5.41) is 1.29. The van der Waals surface area contributed by atoms with Crippen molar-refractivity contribution in [3.8, 4) is 5.75 Å². The predicted octanol–water partition coefficient (Wildman–Crippen LogP) is 3.17. The average Bonchev–Trinajstić information content (AvgIpc) is 3.22. The number of rotatable bonds is 5. The Morgan fingerprint density at radius 2 is 1.74 bits per heavy atom. The van der Waals surface area contributed by atoms with Gasteiger partial charge in [-0.15, -0.1) is 0 Å². The normalized spacial score (nSPS) is 15.4. The van der Waals surface area contributed by atoms with Crippen molar-refractivity contribution in [1.82, 2.24) is 4.72 Å². The van der Waals surface area contributed by atoms with Crippen LogP contribution >= 0.6 is 0 Å². The lowest BCUT2D eigenvalue weighted by Gasteiger charge is -2.17. The molecule has 1 aliphatic rings. The molecule has 0 radical (unpaired) electrons. The number of nitrogens with one attached hydrogen (secondary N) is 1. The van der Waals surface area contributed by atoms with E-state index >= 15 is 0 Å². The van der Waals surface area contributed by atoms with Gasteiger partial charge in [0.2, 0.25) is 5.91 Å². The van der Waals surface area contributed by atoms with E-state index in [4.69, 9.17) is 9.47 Å². The third kappa shape index (κ3) is 3.63. The van der Waals surface area contributed by atoms with Crippen LogP contribution in [-0.4, -0.2) is 34.5 Å². The van der Waals surface area contributed by atoms with Crippen molar-refractivity contribution in [3.63, 3.8) is 0 Å². The van der Waals surface area contributed by atoms with Crippen LogP contribution in [0, 0.1) is 0 Å². The maximum Gasteiger partial charge on any atom is 0.338 e. The monoisotopic (exact) mass is 439 g/mol. The van der Waals surface area contributed by atoms with Gasteiger partial charge in [0.05, 0.1) is 30.6 Å². The summed E-state index contributed by atoms with van der Waals surface area (Å²) in [7, 11) is -1.36. The minimum Gasteiger partial charge on any atom is -0.496 e. The van der Waals surface area contributed by atoms with Crippen LogP contribution in [0.25, 0.3) is 10.8 Å². The zero-order valence-electron chi connectivity index (χ0n) is 17.0. The summed E-state index contributed by atoms with van der Waals surface area (Å²) in [6.07, 6.45) is 0.792. The summed E-state index contributed by atoms with van der Waals surface area (Å²) in [6.45, 7) is 0. The Balaban J connectivity index is 1.70. The Hall–Kier alpha value is -3.39. The highest BCUT2D eigenvalue weighted by Gasteiger charge is 2.36. The summed E-state index contributed by atoms with van der Waals surface area (Å²) in [6, 6.07) is 15.2. The highest BCUT2D eigenvalue weighted by atomic mass is 32.2. The molecule has 4 rings (SSSR count). The van der Waals surface area contributed by atoms with Crippen molar-refractivity contribution < 1.29 is 27.5 Å². The number of ether oxygens (including phenoxy) is 2. The Bertz CT molecular complexity index is 1290. The van der Waals surface area contributed by atoms with Crippen molar-refractivity contribution in [2.75, 3.05) is 14.2 Å². The topological polar surface area (TPSA) is 98.8 Å². The standard InChI is InChI=1S/C23H21NO6S/c1-29-19-13-12-17(23(26)30-2)16-10-11-18(21(16)19)22(25)24-31(27,28)20-9-5-7-14-6-3-4-8-15(14)20/h3-9,12-13,18H,10-11H2,1-2H3,(H,24,25). The van der Waals surface area contributed by atoms with Gasteiger partial charge in [-0.2, -0.15) is 0 Å². The lowest BCUT2D eigenvalue weighted by Crippen LogP contribution is -2.34. The predicted molar refractivity (Wildman–Crippen MR) is 115 cm³/mol. The number of hydrogen-bond acceptors (Lipinski definition) is 6. The molecule has 0 aromatic heterocycles. The van der Waals surface area contributed by atoms with Crippen molar-refractivity contribution in [1.29, 1.82) is 0 Å². The molecule has 7 nitrogen and oxygen atoms in total. The number of esters is 1. The molecule has 3 aromatic rings. The molecule has 1 unspecified atom stereocenters. The van der Waals surface area contributed by atoms with E-state index in [1.807, 2.05) is 18.2 Å². The molecule has 0 aliphatic heterocycles. The second kappa shape index (κ2) is 8.03. The van der Waals surface area contributed by atoms with Crippen LogP contribution in [-0.2, 0) is 26.0 Å². The van der Waals surface area contributed by atoms with Crippen LogP contribution in [0.3, 0.4) is 0 Å². The third-order valence-corrected chi connectivity index (χ3v) is 6.97. The second-order valence-corrected chi connectivity index (χ2v) is 8.89. The minimum atomic E-state index is -4.11. The van der Waals surface area contributed by atoms with Gasteiger partial charge in [0.15, 0.2) is 0 Å². The first kappa shape index (κ1) is 20.9. The molecule has 1 amide bonds. The quantitative estimate of drug-likeness (QED) is 0.613. The lowest BCUT2D eigenvalue weighted by molar-refractivity contribution is -0.120. The maximum atomic E-state index is 13.1. The van der Waals surface area contributed by atoms with Crippen molar-refractivity contribution in [2.24, 2.45) is 0 Å². The molecule has 1 N–H and O–H groups in total. The van der Waals surface area contributed by atoms with E-state index < -0.39 is 27.8 Å². The molecule has 0 heterocycles. The fourth-order valence-corrected chi connectivity index (χ4v) is 5.41. The van der Waals surface area contributed by atoms with Gasteiger partial charge >= 0.3 is 5.97 Å². The van der Waals surface area contributed by atoms with Crippen LogP contribution in [0.4, 0.5) is 0 Å². The Labute approximate surface area is 180 Å². The van der Waals surface area contributed by atoms with Crippen molar-refractivity contribution in [3.05, 3.63) is 71.3 Å². The summed E-state index contributed by atoms with van der Waals surface area (Å²) < 4.78 is 38.6. The number of carbonyl (C=O) groups excluding carboxylic acids is 2. The number of hydrogen-bond donors (Lipinski definition) is 1. The first-order valence-corrected chi connectivity index (χ1v) is 11.2.